The van der Waals surface area contributed by atoms with Crippen LogP contribution < -0.4 is 0 Å². The third kappa shape index (κ3) is 2.06. The van der Waals surface area contributed by atoms with E-state index in [2.05, 4.69) is 0 Å². The highest BCUT2D eigenvalue weighted by Crippen LogP contribution is 2.36. The van der Waals surface area contributed by atoms with Crippen molar-refractivity contribution >= 4 is 27.4 Å². The minimum atomic E-state index is -1.04. The quantitative estimate of drug-likeness (QED) is 0.752. The molecular weight excluding hydrogens is 282 g/mol. The van der Waals surface area contributed by atoms with Gasteiger partial charge in [0.15, 0.2) is 0 Å². The lowest BCUT2D eigenvalue weighted by Gasteiger charge is -2.03. The van der Waals surface area contributed by atoms with Gasteiger partial charge in [0, 0.05) is 27.3 Å². The highest BCUT2D eigenvalue weighted by molar-refractivity contribution is 7.17. The maximum absolute atomic E-state index is 13.8. The molecule has 0 bridgehead atoms. The molecule has 2 aromatic carbocycles. The van der Waals surface area contributed by atoms with Gasteiger partial charge in [-0.05, 0) is 35.7 Å². The molecule has 100 valence electrons. The molecule has 1 aromatic heterocycles. The van der Waals surface area contributed by atoms with Gasteiger partial charge in [-0.2, -0.15) is 0 Å². The molecule has 3 rings (SSSR count). The van der Waals surface area contributed by atoms with Crippen molar-refractivity contribution in [1.29, 1.82) is 0 Å². The number of carbonyl (C=O) groups is 1. The first-order valence-electron chi connectivity index (χ1n) is 5.76. The third-order valence-corrected chi connectivity index (χ3v) is 4.01. The van der Waals surface area contributed by atoms with Crippen LogP contribution in [0.2, 0.25) is 0 Å². The average Bonchev–Trinajstić information content (AvgIpc) is 2.81. The smallest absolute Gasteiger partial charge is 0.335 e. The molecular formula is C15H8F2O2S. The number of rotatable bonds is 2. The highest BCUT2D eigenvalue weighted by atomic mass is 32.1. The van der Waals surface area contributed by atoms with E-state index in [1.807, 2.05) is 0 Å². The Morgan fingerprint density at radius 3 is 2.55 bits per heavy atom. The van der Waals surface area contributed by atoms with Gasteiger partial charge < -0.3 is 5.11 Å². The van der Waals surface area contributed by atoms with Crippen LogP contribution in [-0.4, -0.2) is 11.1 Å². The zero-order valence-electron chi connectivity index (χ0n) is 10.1. The lowest BCUT2D eigenvalue weighted by Crippen LogP contribution is -1.95. The van der Waals surface area contributed by atoms with Crippen molar-refractivity contribution in [3.05, 3.63) is 59.0 Å². The van der Waals surface area contributed by atoms with Gasteiger partial charge in [-0.1, -0.05) is 0 Å². The Morgan fingerprint density at radius 1 is 1.05 bits per heavy atom. The number of hydrogen-bond acceptors (Lipinski definition) is 2. The van der Waals surface area contributed by atoms with Crippen LogP contribution in [0.3, 0.4) is 0 Å². The second-order valence-corrected chi connectivity index (χ2v) is 5.20. The van der Waals surface area contributed by atoms with Gasteiger partial charge in [0.05, 0.1) is 5.56 Å². The molecule has 0 radical (unpaired) electrons. The monoisotopic (exact) mass is 290 g/mol. The maximum atomic E-state index is 13.8. The molecule has 0 fully saturated rings. The van der Waals surface area contributed by atoms with Crippen LogP contribution in [0, 0.1) is 11.6 Å². The Hall–Kier alpha value is -2.27. The van der Waals surface area contributed by atoms with Gasteiger partial charge in [-0.3, -0.25) is 0 Å². The van der Waals surface area contributed by atoms with E-state index in [4.69, 9.17) is 5.11 Å². The Morgan fingerprint density at radius 2 is 1.85 bits per heavy atom. The van der Waals surface area contributed by atoms with E-state index in [9.17, 15) is 13.6 Å². The topological polar surface area (TPSA) is 37.3 Å². The minimum Gasteiger partial charge on any atom is -0.478 e. The molecule has 0 unspecified atom stereocenters. The first kappa shape index (κ1) is 12.7. The third-order valence-electron chi connectivity index (χ3n) is 3.04. The summed E-state index contributed by atoms with van der Waals surface area (Å²) in [6, 6.07) is 8.06. The summed E-state index contributed by atoms with van der Waals surface area (Å²) < 4.78 is 27.7. The van der Waals surface area contributed by atoms with Gasteiger partial charge >= 0.3 is 5.97 Å². The number of carboxylic acid groups (broad SMARTS) is 1. The molecule has 0 aliphatic heterocycles. The molecule has 0 spiro atoms. The second-order valence-electron chi connectivity index (χ2n) is 4.29. The zero-order valence-corrected chi connectivity index (χ0v) is 10.9. The van der Waals surface area contributed by atoms with Crippen molar-refractivity contribution in [2.24, 2.45) is 0 Å². The van der Waals surface area contributed by atoms with Crippen molar-refractivity contribution in [1.82, 2.24) is 0 Å². The number of halogens is 2. The molecule has 20 heavy (non-hydrogen) atoms. The second kappa shape index (κ2) is 4.68. The molecule has 0 atom stereocenters. The molecule has 3 aromatic rings. The van der Waals surface area contributed by atoms with Crippen molar-refractivity contribution in [3.8, 4) is 11.1 Å². The molecule has 5 heteroatoms. The van der Waals surface area contributed by atoms with Crippen LogP contribution in [0.4, 0.5) is 8.78 Å². The lowest BCUT2D eigenvalue weighted by molar-refractivity contribution is 0.0697. The van der Waals surface area contributed by atoms with Gasteiger partial charge in [-0.15, -0.1) is 11.3 Å². The summed E-state index contributed by atoms with van der Waals surface area (Å²) in [6.07, 6.45) is 0. The van der Waals surface area contributed by atoms with E-state index >= 15 is 0 Å². The summed E-state index contributed by atoms with van der Waals surface area (Å²) in [6.45, 7) is 0. The predicted molar refractivity (Wildman–Crippen MR) is 74.1 cm³/mol. The van der Waals surface area contributed by atoms with Crippen molar-refractivity contribution in [3.63, 3.8) is 0 Å². The molecule has 0 saturated heterocycles. The number of hydrogen-bond donors (Lipinski definition) is 1. The summed E-state index contributed by atoms with van der Waals surface area (Å²) in [5.74, 6) is -2.34. The number of aromatic carboxylic acids is 1. The fourth-order valence-corrected chi connectivity index (χ4v) is 3.02. The first-order valence-corrected chi connectivity index (χ1v) is 6.64. The fourth-order valence-electron chi connectivity index (χ4n) is 2.08. The lowest BCUT2D eigenvalue weighted by atomic mass is 10.0. The molecule has 1 heterocycles. The summed E-state index contributed by atoms with van der Waals surface area (Å²) >= 11 is 1.39. The number of carboxylic acids is 1. The largest absolute Gasteiger partial charge is 0.478 e. The Kier molecular flexibility index (Phi) is 2.99. The summed E-state index contributed by atoms with van der Waals surface area (Å²) in [5, 5.41) is 11.4. The Labute approximate surface area is 116 Å². The number of fused-ring (bicyclic) bond motifs is 1. The van der Waals surface area contributed by atoms with Crippen LogP contribution >= 0.6 is 11.3 Å². The summed E-state index contributed by atoms with van der Waals surface area (Å²) in [7, 11) is 0. The van der Waals surface area contributed by atoms with Gasteiger partial charge in [0.25, 0.3) is 0 Å². The normalized spacial score (nSPS) is 10.9. The van der Waals surface area contributed by atoms with E-state index in [0.717, 1.165) is 10.8 Å². The molecule has 0 aliphatic rings. The SMILES string of the molecule is O=C(O)c1ccc2scc(-c3ccc(F)cc3F)c2c1. The van der Waals surface area contributed by atoms with E-state index < -0.39 is 17.6 Å². The van der Waals surface area contributed by atoms with E-state index in [-0.39, 0.29) is 11.1 Å². The van der Waals surface area contributed by atoms with Crippen LogP contribution in [0.5, 0.6) is 0 Å². The summed E-state index contributed by atoms with van der Waals surface area (Å²) in [5.41, 5.74) is 0.977. The standard InChI is InChI=1S/C15H8F2O2S/c16-9-2-3-10(13(17)6-9)12-7-20-14-4-1-8(15(18)19)5-11(12)14/h1-7H,(H,18,19). The highest BCUT2D eigenvalue weighted by Gasteiger charge is 2.13. The van der Waals surface area contributed by atoms with Crippen molar-refractivity contribution in [2.45, 2.75) is 0 Å². The van der Waals surface area contributed by atoms with Crippen LogP contribution in [0.25, 0.3) is 21.2 Å². The summed E-state index contributed by atoms with van der Waals surface area (Å²) in [4.78, 5) is 11.0. The van der Waals surface area contributed by atoms with Crippen LogP contribution in [-0.2, 0) is 0 Å². The van der Waals surface area contributed by atoms with Crippen molar-refractivity contribution in [2.75, 3.05) is 0 Å². The van der Waals surface area contributed by atoms with E-state index in [0.29, 0.717) is 10.9 Å². The Balaban J connectivity index is 2.25. The average molecular weight is 290 g/mol. The van der Waals surface area contributed by atoms with Gasteiger partial charge in [0.2, 0.25) is 0 Å². The van der Waals surface area contributed by atoms with E-state index in [1.54, 1.807) is 11.4 Å². The molecule has 1 N–H and O–H groups in total. The fraction of sp³-hybridized carbons (Fsp3) is 0. The van der Waals surface area contributed by atoms with Crippen LogP contribution in [0.1, 0.15) is 10.4 Å². The first-order chi connectivity index (χ1) is 9.56. The van der Waals surface area contributed by atoms with Gasteiger partial charge in [-0.25, -0.2) is 13.6 Å². The molecule has 0 saturated carbocycles. The molecule has 2 nitrogen and oxygen atoms in total. The maximum Gasteiger partial charge on any atom is 0.335 e. The van der Waals surface area contributed by atoms with Gasteiger partial charge in [0.1, 0.15) is 11.6 Å². The minimum absolute atomic E-state index is 0.139. The van der Waals surface area contributed by atoms with Crippen molar-refractivity contribution < 1.29 is 18.7 Å². The van der Waals surface area contributed by atoms with E-state index in [1.165, 1.54) is 35.6 Å². The number of benzene rings is 2. The molecule has 0 amide bonds. The van der Waals surface area contributed by atoms with Crippen LogP contribution in [0.15, 0.2) is 41.8 Å². The zero-order chi connectivity index (χ0) is 14.3. The predicted octanol–water partition coefficient (Wildman–Crippen LogP) is 4.54. The Bertz CT molecular complexity index is 824. The number of thiophene rings is 1. The molecule has 0 aliphatic carbocycles.